The number of aromatic amines is 1. The first kappa shape index (κ1) is 17.5. The Balaban J connectivity index is 1.55. The average molecular weight is 346 g/mol. The molecule has 6 heteroatoms. The molecule has 0 fully saturated rings. The van der Waals surface area contributed by atoms with Crippen LogP contribution < -0.4 is 10.1 Å². The summed E-state index contributed by atoms with van der Waals surface area (Å²) in [6.45, 7) is 1.43. The lowest BCUT2D eigenvalue weighted by molar-refractivity contribution is 0.0325. The van der Waals surface area contributed by atoms with Crippen molar-refractivity contribution in [2.24, 2.45) is 0 Å². The van der Waals surface area contributed by atoms with Crippen molar-refractivity contribution in [3.63, 3.8) is 0 Å². The first-order chi connectivity index (χ1) is 12.3. The summed E-state index contributed by atoms with van der Waals surface area (Å²) in [5, 5.41) is 5.51. The van der Waals surface area contributed by atoms with Crippen molar-refractivity contribution in [2.45, 2.75) is 0 Å². The first-order valence-corrected chi connectivity index (χ1v) is 8.39. The molecule has 0 bridgehead atoms. The molecule has 0 aliphatic rings. The minimum Gasteiger partial charge on any atom is -0.491 e. The number of rotatable bonds is 10. The van der Waals surface area contributed by atoms with Crippen LogP contribution in [-0.2, 0) is 9.47 Å². The third-order valence-corrected chi connectivity index (χ3v) is 3.95. The van der Waals surface area contributed by atoms with E-state index in [1.165, 1.54) is 10.8 Å². The highest BCUT2D eigenvalue weighted by Gasteiger charge is 2.06. The number of benzene rings is 2. The molecular formula is C19H23FN2O3. The van der Waals surface area contributed by atoms with Crippen molar-refractivity contribution in [3.8, 4) is 5.75 Å². The van der Waals surface area contributed by atoms with Gasteiger partial charge in [0.2, 0.25) is 0 Å². The molecular weight excluding hydrogens is 323 g/mol. The molecule has 3 rings (SSSR count). The number of anilines is 1. The van der Waals surface area contributed by atoms with Gasteiger partial charge in [-0.25, -0.2) is 4.39 Å². The molecule has 1 aromatic heterocycles. The van der Waals surface area contributed by atoms with Crippen molar-refractivity contribution in [2.75, 3.05) is 52.1 Å². The van der Waals surface area contributed by atoms with Gasteiger partial charge in [-0.3, -0.25) is 0 Å². The van der Waals surface area contributed by atoms with Crippen LogP contribution in [0.1, 0.15) is 0 Å². The number of halogens is 1. The Morgan fingerprint density at radius 2 is 1.56 bits per heavy atom. The van der Waals surface area contributed by atoms with E-state index in [2.05, 4.69) is 34.6 Å². The van der Waals surface area contributed by atoms with Gasteiger partial charge < -0.3 is 24.5 Å². The van der Waals surface area contributed by atoms with Crippen LogP contribution in [0.2, 0.25) is 0 Å². The molecule has 2 aromatic carbocycles. The van der Waals surface area contributed by atoms with E-state index in [1.54, 1.807) is 0 Å². The van der Waals surface area contributed by atoms with Crippen LogP contribution >= 0.6 is 0 Å². The van der Waals surface area contributed by atoms with Crippen LogP contribution in [0, 0.1) is 0 Å². The molecule has 25 heavy (non-hydrogen) atoms. The Hall–Kier alpha value is -2.31. The number of ether oxygens (including phenoxy) is 3. The normalized spacial score (nSPS) is 11.3. The van der Waals surface area contributed by atoms with E-state index in [0.29, 0.717) is 26.4 Å². The number of fused-ring (bicyclic) bond motifs is 3. The Bertz CT molecular complexity index is 819. The van der Waals surface area contributed by atoms with E-state index in [4.69, 9.17) is 14.2 Å². The molecule has 0 radical (unpaired) electrons. The molecule has 3 aromatic rings. The molecule has 134 valence electrons. The molecule has 0 spiro atoms. The van der Waals surface area contributed by atoms with Gasteiger partial charge in [0, 0.05) is 35.1 Å². The number of hydrogen-bond acceptors (Lipinski definition) is 4. The maximum absolute atomic E-state index is 11.8. The number of nitrogens with one attached hydrogen (secondary N) is 2. The fraction of sp³-hybridized carbons (Fsp3) is 0.368. The van der Waals surface area contributed by atoms with Gasteiger partial charge in [0.25, 0.3) is 0 Å². The van der Waals surface area contributed by atoms with Gasteiger partial charge in [-0.05, 0) is 24.3 Å². The zero-order valence-corrected chi connectivity index (χ0v) is 14.3. The maximum atomic E-state index is 11.8. The van der Waals surface area contributed by atoms with E-state index in [1.807, 2.05) is 19.2 Å². The van der Waals surface area contributed by atoms with Gasteiger partial charge in [0.1, 0.15) is 19.0 Å². The zero-order chi connectivity index (χ0) is 17.5. The predicted octanol–water partition coefficient (Wildman–Crippen LogP) is 3.74. The summed E-state index contributed by atoms with van der Waals surface area (Å²) in [5.41, 5.74) is 3.21. The van der Waals surface area contributed by atoms with Crippen molar-refractivity contribution in [1.29, 1.82) is 0 Å². The molecule has 0 aliphatic heterocycles. The Morgan fingerprint density at radius 1 is 0.880 bits per heavy atom. The quantitative estimate of drug-likeness (QED) is 0.549. The van der Waals surface area contributed by atoms with Gasteiger partial charge >= 0.3 is 0 Å². The number of H-pyrrole nitrogens is 1. The Morgan fingerprint density at radius 3 is 2.32 bits per heavy atom. The molecule has 5 nitrogen and oxygen atoms in total. The van der Waals surface area contributed by atoms with E-state index >= 15 is 0 Å². The topological polar surface area (TPSA) is 55.5 Å². The van der Waals surface area contributed by atoms with Crippen molar-refractivity contribution in [3.05, 3.63) is 36.4 Å². The second-order valence-corrected chi connectivity index (χ2v) is 5.60. The molecule has 1 heterocycles. The highest BCUT2D eigenvalue weighted by molar-refractivity contribution is 6.08. The minimum atomic E-state index is -0.463. The van der Waals surface area contributed by atoms with Gasteiger partial charge in [0.05, 0.1) is 31.9 Å². The largest absolute Gasteiger partial charge is 0.491 e. The summed E-state index contributed by atoms with van der Waals surface area (Å²) >= 11 is 0. The number of alkyl halides is 1. The third-order valence-electron chi connectivity index (χ3n) is 3.95. The fourth-order valence-corrected chi connectivity index (χ4v) is 2.73. The lowest BCUT2D eigenvalue weighted by Crippen LogP contribution is -2.11. The summed E-state index contributed by atoms with van der Waals surface area (Å²) in [6, 6.07) is 12.3. The van der Waals surface area contributed by atoms with Gasteiger partial charge in [-0.1, -0.05) is 6.07 Å². The lowest BCUT2D eigenvalue weighted by atomic mass is 10.1. The lowest BCUT2D eigenvalue weighted by Gasteiger charge is -2.07. The maximum Gasteiger partial charge on any atom is 0.121 e. The monoisotopic (exact) mass is 346 g/mol. The van der Waals surface area contributed by atoms with Crippen LogP contribution in [-0.4, -0.2) is 51.7 Å². The van der Waals surface area contributed by atoms with Crippen LogP contribution in [0.25, 0.3) is 21.8 Å². The second-order valence-electron chi connectivity index (χ2n) is 5.60. The van der Waals surface area contributed by atoms with E-state index in [-0.39, 0.29) is 6.61 Å². The molecule has 0 aliphatic carbocycles. The van der Waals surface area contributed by atoms with E-state index < -0.39 is 6.67 Å². The summed E-state index contributed by atoms with van der Waals surface area (Å²) in [5.74, 6) is 0.796. The SMILES string of the molecule is CNc1ccc2c(c1)[nH]c1cc(OCCOCCOCCF)ccc12. The number of hydrogen-bond donors (Lipinski definition) is 2. The first-order valence-electron chi connectivity index (χ1n) is 8.39. The summed E-state index contributed by atoms with van der Waals surface area (Å²) < 4.78 is 27.9. The summed E-state index contributed by atoms with van der Waals surface area (Å²) in [7, 11) is 1.91. The molecule has 2 N–H and O–H groups in total. The zero-order valence-electron chi connectivity index (χ0n) is 14.3. The van der Waals surface area contributed by atoms with Crippen LogP contribution in [0.5, 0.6) is 5.75 Å². The van der Waals surface area contributed by atoms with Gasteiger partial charge in [0.15, 0.2) is 0 Å². The van der Waals surface area contributed by atoms with Gasteiger partial charge in [-0.15, -0.1) is 0 Å². The van der Waals surface area contributed by atoms with E-state index in [9.17, 15) is 4.39 Å². The van der Waals surface area contributed by atoms with Crippen LogP contribution in [0.15, 0.2) is 36.4 Å². The second kappa shape index (κ2) is 8.69. The molecule has 0 amide bonds. The molecule has 0 atom stereocenters. The summed E-state index contributed by atoms with van der Waals surface area (Å²) in [4.78, 5) is 3.42. The molecule has 0 saturated heterocycles. The summed E-state index contributed by atoms with van der Waals surface area (Å²) in [6.07, 6.45) is 0. The predicted molar refractivity (Wildman–Crippen MR) is 98.5 cm³/mol. The fourth-order valence-electron chi connectivity index (χ4n) is 2.73. The van der Waals surface area contributed by atoms with Gasteiger partial charge in [-0.2, -0.15) is 0 Å². The Labute approximate surface area is 146 Å². The smallest absolute Gasteiger partial charge is 0.121 e. The van der Waals surface area contributed by atoms with Crippen LogP contribution in [0.4, 0.5) is 10.1 Å². The van der Waals surface area contributed by atoms with Crippen molar-refractivity contribution >= 4 is 27.5 Å². The molecule has 0 saturated carbocycles. The average Bonchev–Trinajstić information content (AvgIpc) is 3.00. The third kappa shape index (κ3) is 4.41. The standard InChI is InChI=1S/C19H23FN2O3/c1-21-14-2-4-16-17-5-3-15(13-19(17)22-18(16)12-14)25-11-10-24-9-8-23-7-6-20/h2-5,12-13,21-22H,6-11H2,1H3. The highest BCUT2D eigenvalue weighted by Crippen LogP contribution is 2.29. The highest BCUT2D eigenvalue weighted by atomic mass is 19.1. The Kier molecular flexibility index (Phi) is 6.09. The van der Waals surface area contributed by atoms with E-state index in [0.717, 1.165) is 22.5 Å². The van der Waals surface area contributed by atoms with Crippen molar-refractivity contribution < 1.29 is 18.6 Å². The van der Waals surface area contributed by atoms with Crippen molar-refractivity contribution in [1.82, 2.24) is 4.98 Å². The van der Waals surface area contributed by atoms with Crippen LogP contribution in [0.3, 0.4) is 0 Å². The minimum absolute atomic E-state index is 0.125. The number of aromatic nitrogens is 1. The molecule has 0 unspecified atom stereocenters.